The van der Waals surface area contributed by atoms with Crippen molar-refractivity contribution in [3.8, 4) is 0 Å². The van der Waals surface area contributed by atoms with Crippen molar-refractivity contribution < 1.29 is 9.18 Å². The fourth-order valence-corrected chi connectivity index (χ4v) is 3.24. The van der Waals surface area contributed by atoms with Gasteiger partial charge in [0.1, 0.15) is 10.7 Å². The highest BCUT2D eigenvalue weighted by molar-refractivity contribution is 9.10. The maximum Gasteiger partial charge on any atom is 0.267 e. The van der Waals surface area contributed by atoms with E-state index in [1.165, 1.54) is 23.5 Å². The molecule has 3 rings (SSSR count). The maximum absolute atomic E-state index is 13.3. The first-order valence-corrected chi connectivity index (χ1v) is 7.70. The van der Waals surface area contributed by atoms with E-state index in [0.717, 1.165) is 9.17 Å². The number of fused-ring (bicyclic) bond motifs is 1. The normalized spacial score (nSPS) is 10.8. The number of amides is 1. The van der Waals surface area contributed by atoms with Crippen LogP contribution in [0.1, 0.15) is 9.67 Å². The zero-order valence-corrected chi connectivity index (χ0v) is 13.1. The quantitative estimate of drug-likeness (QED) is 0.695. The molecule has 21 heavy (non-hydrogen) atoms. The fourth-order valence-electron chi connectivity index (χ4n) is 1.98. The number of benzene rings is 2. The van der Waals surface area contributed by atoms with Gasteiger partial charge in [0.2, 0.25) is 0 Å². The van der Waals surface area contributed by atoms with Gasteiger partial charge in [-0.05, 0) is 42.5 Å². The second-order valence-corrected chi connectivity index (χ2v) is 6.41. The molecule has 0 bridgehead atoms. The van der Waals surface area contributed by atoms with E-state index in [1.54, 1.807) is 18.2 Å². The third kappa shape index (κ3) is 2.77. The van der Waals surface area contributed by atoms with E-state index in [1.807, 2.05) is 12.1 Å². The second kappa shape index (κ2) is 5.46. The van der Waals surface area contributed by atoms with E-state index in [2.05, 4.69) is 21.2 Å². The highest BCUT2D eigenvalue weighted by Gasteiger charge is 2.16. The van der Waals surface area contributed by atoms with Crippen LogP contribution in [0.15, 0.2) is 46.9 Å². The lowest BCUT2D eigenvalue weighted by Crippen LogP contribution is -2.11. The van der Waals surface area contributed by atoms with Crippen LogP contribution in [0.25, 0.3) is 10.1 Å². The van der Waals surface area contributed by atoms with Crippen molar-refractivity contribution in [3.05, 3.63) is 57.6 Å². The molecule has 0 spiro atoms. The van der Waals surface area contributed by atoms with Crippen LogP contribution < -0.4 is 11.1 Å². The molecule has 0 unspecified atom stereocenters. The Morgan fingerprint density at radius 3 is 2.62 bits per heavy atom. The molecule has 0 saturated carbocycles. The molecular formula is C15H10BrFN2OS. The number of carbonyl (C=O) groups is 1. The van der Waals surface area contributed by atoms with Crippen molar-refractivity contribution in [2.75, 3.05) is 11.1 Å². The summed E-state index contributed by atoms with van der Waals surface area (Å²) in [5.74, 6) is -0.664. The lowest BCUT2D eigenvalue weighted by atomic mass is 10.2. The Bertz CT molecular complexity index is 830. The number of nitrogens with two attached hydrogens (primary N) is 1. The number of nitrogens with one attached hydrogen (secondary N) is 1. The average molecular weight is 365 g/mol. The van der Waals surface area contributed by atoms with Crippen LogP contribution in [0.3, 0.4) is 0 Å². The third-order valence-electron chi connectivity index (χ3n) is 3.00. The van der Waals surface area contributed by atoms with Gasteiger partial charge in [0.15, 0.2) is 0 Å². The summed E-state index contributed by atoms with van der Waals surface area (Å²) in [5.41, 5.74) is 6.94. The number of rotatable bonds is 2. The zero-order valence-electron chi connectivity index (χ0n) is 10.7. The summed E-state index contributed by atoms with van der Waals surface area (Å²) >= 11 is 4.58. The number of carbonyl (C=O) groups excluding carboxylic acids is 1. The lowest BCUT2D eigenvalue weighted by Gasteiger charge is -2.04. The molecule has 1 aromatic heterocycles. The smallest absolute Gasteiger partial charge is 0.267 e. The predicted molar refractivity (Wildman–Crippen MR) is 88.3 cm³/mol. The molecular weight excluding hydrogens is 355 g/mol. The molecule has 0 aliphatic heterocycles. The van der Waals surface area contributed by atoms with Gasteiger partial charge in [0, 0.05) is 20.2 Å². The van der Waals surface area contributed by atoms with Gasteiger partial charge in [0.05, 0.1) is 5.69 Å². The van der Waals surface area contributed by atoms with Crippen LogP contribution in [0, 0.1) is 5.82 Å². The molecule has 0 radical (unpaired) electrons. The minimum Gasteiger partial charge on any atom is -0.397 e. The van der Waals surface area contributed by atoms with Gasteiger partial charge in [-0.25, -0.2) is 4.39 Å². The Hall–Kier alpha value is -1.92. The van der Waals surface area contributed by atoms with Crippen molar-refractivity contribution in [1.82, 2.24) is 0 Å². The molecule has 0 aliphatic rings. The number of anilines is 2. The van der Waals surface area contributed by atoms with Gasteiger partial charge in [0.25, 0.3) is 5.91 Å². The number of thiophene rings is 1. The van der Waals surface area contributed by atoms with Crippen LogP contribution in [0.4, 0.5) is 15.8 Å². The number of nitrogen functional groups attached to an aromatic ring is 1. The number of hydrogen-bond donors (Lipinski definition) is 2. The predicted octanol–water partition coefficient (Wildman–Crippen LogP) is 4.64. The Morgan fingerprint density at radius 2 is 1.90 bits per heavy atom. The van der Waals surface area contributed by atoms with Gasteiger partial charge in [-0.3, -0.25) is 4.79 Å². The fraction of sp³-hybridized carbons (Fsp3) is 0. The molecule has 0 atom stereocenters. The van der Waals surface area contributed by atoms with Crippen molar-refractivity contribution in [3.63, 3.8) is 0 Å². The summed E-state index contributed by atoms with van der Waals surface area (Å²) < 4.78 is 15.0. The molecule has 2 aromatic carbocycles. The maximum atomic E-state index is 13.3. The van der Waals surface area contributed by atoms with Gasteiger partial charge < -0.3 is 11.1 Å². The van der Waals surface area contributed by atoms with E-state index >= 15 is 0 Å². The molecule has 0 aliphatic carbocycles. The van der Waals surface area contributed by atoms with E-state index in [4.69, 9.17) is 5.73 Å². The molecule has 6 heteroatoms. The van der Waals surface area contributed by atoms with Gasteiger partial charge in [-0.1, -0.05) is 15.9 Å². The summed E-state index contributed by atoms with van der Waals surface area (Å²) in [5, 5.41) is 3.35. The summed E-state index contributed by atoms with van der Waals surface area (Å²) in [4.78, 5) is 12.7. The minimum absolute atomic E-state index is 0.295. The van der Waals surface area contributed by atoms with Crippen molar-refractivity contribution in [1.29, 1.82) is 0 Å². The first kappa shape index (κ1) is 14.0. The van der Waals surface area contributed by atoms with E-state index in [-0.39, 0.29) is 11.7 Å². The van der Waals surface area contributed by atoms with Gasteiger partial charge >= 0.3 is 0 Å². The highest BCUT2D eigenvalue weighted by atomic mass is 79.9. The van der Waals surface area contributed by atoms with Crippen LogP contribution in [0.5, 0.6) is 0 Å². The largest absolute Gasteiger partial charge is 0.397 e. The first-order chi connectivity index (χ1) is 10.0. The summed E-state index contributed by atoms with van der Waals surface area (Å²) in [6.07, 6.45) is 0. The molecule has 3 aromatic rings. The van der Waals surface area contributed by atoms with Crippen LogP contribution in [-0.2, 0) is 0 Å². The van der Waals surface area contributed by atoms with Crippen LogP contribution in [-0.4, -0.2) is 5.91 Å². The summed E-state index contributed by atoms with van der Waals surface area (Å²) in [7, 11) is 0. The number of halogens is 2. The Balaban J connectivity index is 1.94. The van der Waals surface area contributed by atoms with Gasteiger partial charge in [-0.15, -0.1) is 11.3 Å². The topological polar surface area (TPSA) is 55.1 Å². The van der Waals surface area contributed by atoms with Crippen molar-refractivity contribution in [2.24, 2.45) is 0 Å². The molecule has 1 heterocycles. The molecule has 3 N–H and O–H groups in total. The third-order valence-corrected chi connectivity index (χ3v) is 4.71. The Labute approximate surface area is 132 Å². The van der Waals surface area contributed by atoms with Gasteiger partial charge in [-0.2, -0.15) is 0 Å². The number of hydrogen-bond acceptors (Lipinski definition) is 3. The molecule has 1 amide bonds. The Morgan fingerprint density at radius 1 is 1.19 bits per heavy atom. The highest BCUT2D eigenvalue weighted by Crippen LogP contribution is 2.34. The average Bonchev–Trinajstić information content (AvgIpc) is 2.79. The lowest BCUT2D eigenvalue weighted by molar-refractivity contribution is 0.103. The molecule has 0 fully saturated rings. The molecule has 0 saturated heterocycles. The van der Waals surface area contributed by atoms with Crippen LogP contribution >= 0.6 is 27.3 Å². The van der Waals surface area contributed by atoms with E-state index < -0.39 is 0 Å². The molecule has 3 nitrogen and oxygen atoms in total. The second-order valence-electron chi connectivity index (χ2n) is 4.45. The molecule has 106 valence electrons. The first-order valence-electron chi connectivity index (χ1n) is 6.09. The monoisotopic (exact) mass is 364 g/mol. The standard InChI is InChI=1S/C15H10BrFN2OS/c16-8-1-4-10(5-2-8)19-15(20)14-13(18)11-7-9(17)3-6-12(11)21-14/h1-7H,18H2,(H,19,20). The summed E-state index contributed by atoms with van der Waals surface area (Å²) in [6.45, 7) is 0. The zero-order chi connectivity index (χ0) is 15.0. The van der Waals surface area contributed by atoms with E-state index in [0.29, 0.717) is 21.6 Å². The van der Waals surface area contributed by atoms with Crippen molar-refractivity contribution >= 4 is 54.6 Å². The Kier molecular flexibility index (Phi) is 3.65. The van der Waals surface area contributed by atoms with Crippen molar-refractivity contribution in [2.45, 2.75) is 0 Å². The van der Waals surface area contributed by atoms with E-state index in [9.17, 15) is 9.18 Å². The van der Waals surface area contributed by atoms with Crippen LogP contribution in [0.2, 0.25) is 0 Å². The SMILES string of the molecule is Nc1c(C(=O)Nc2ccc(Br)cc2)sc2ccc(F)cc12. The minimum atomic E-state index is -0.369. The summed E-state index contributed by atoms with van der Waals surface area (Å²) in [6, 6.07) is 11.6.